The van der Waals surface area contributed by atoms with Gasteiger partial charge in [-0.15, -0.1) is 0 Å². The molecular formula is C14H23N3O3. The van der Waals surface area contributed by atoms with Crippen molar-refractivity contribution in [3.8, 4) is 0 Å². The third kappa shape index (κ3) is 7.35. The van der Waals surface area contributed by atoms with Gasteiger partial charge in [0, 0.05) is 32.1 Å². The van der Waals surface area contributed by atoms with E-state index < -0.39 is 0 Å². The Kier molecular flexibility index (Phi) is 8.74. The van der Waals surface area contributed by atoms with Crippen molar-refractivity contribution in [2.75, 3.05) is 26.2 Å². The SMILES string of the molecule is C=CC(=O)NCCN(CCNC(=O)C=C)C(=O)C(C)C. The molecule has 0 radical (unpaired) electrons. The van der Waals surface area contributed by atoms with E-state index >= 15 is 0 Å². The third-order valence-corrected chi connectivity index (χ3v) is 2.54. The second kappa shape index (κ2) is 9.77. The van der Waals surface area contributed by atoms with Gasteiger partial charge in [-0.2, -0.15) is 0 Å². The molecule has 112 valence electrons. The number of carbonyl (C=O) groups excluding carboxylic acids is 3. The van der Waals surface area contributed by atoms with Crippen molar-refractivity contribution in [3.63, 3.8) is 0 Å². The Bertz CT molecular complexity index is 352. The summed E-state index contributed by atoms with van der Waals surface area (Å²) >= 11 is 0. The van der Waals surface area contributed by atoms with Gasteiger partial charge in [0.2, 0.25) is 17.7 Å². The topological polar surface area (TPSA) is 78.5 Å². The molecule has 0 bridgehead atoms. The molecule has 0 aliphatic heterocycles. The number of hydrogen-bond donors (Lipinski definition) is 2. The van der Waals surface area contributed by atoms with Crippen molar-refractivity contribution in [1.82, 2.24) is 15.5 Å². The fourth-order valence-electron chi connectivity index (χ4n) is 1.47. The van der Waals surface area contributed by atoms with E-state index in [1.165, 1.54) is 12.2 Å². The maximum atomic E-state index is 12.0. The zero-order valence-electron chi connectivity index (χ0n) is 12.1. The van der Waals surface area contributed by atoms with Crippen LogP contribution in [-0.4, -0.2) is 48.8 Å². The molecule has 0 aliphatic carbocycles. The monoisotopic (exact) mass is 281 g/mol. The van der Waals surface area contributed by atoms with Crippen molar-refractivity contribution in [2.45, 2.75) is 13.8 Å². The molecule has 0 saturated carbocycles. The first kappa shape index (κ1) is 17.9. The molecule has 0 atom stereocenters. The minimum Gasteiger partial charge on any atom is -0.351 e. The predicted molar refractivity (Wildman–Crippen MR) is 77.8 cm³/mol. The van der Waals surface area contributed by atoms with Gasteiger partial charge in [-0.3, -0.25) is 14.4 Å². The summed E-state index contributed by atoms with van der Waals surface area (Å²) in [7, 11) is 0. The maximum absolute atomic E-state index is 12.0. The Morgan fingerprint density at radius 2 is 1.40 bits per heavy atom. The molecule has 20 heavy (non-hydrogen) atoms. The van der Waals surface area contributed by atoms with Crippen LogP contribution in [0.4, 0.5) is 0 Å². The van der Waals surface area contributed by atoms with Crippen LogP contribution in [0.25, 0.3) is 0 Å². The fraction of sp³-hybridized carbons (Fsp3) is 0.500. The molecule has 6 heteroatoms. The number of hydrogen-bond acceptors (Lipinski definition) is 3. The summed E-state index contributed by atoms with van der Waals surface area (Å²) < 4.78 is 0. The number of nitrogens with zero attached hydrogens (tertiary/aromatic N) is 1. The highest BCUT2D eigenvalue weighted by atomic mass is 16.2. The molecule has 0 aromatic carbocycles. The van der Waals surface area contributed by atoms with E-state index in [2.05, 4.69) is 23.8 Å². The zero-order valence-corrected chi connectivity index (χ0v) is 12.1. The van der Waals surface area contributed by atoms with Crippen molar-refractivity contribution >= 4 is 17.7 Å². The van der Waals surface area contributed by atoms with E-state index in [9.17, 15) is 14.4 Å². The van der Waals surface area contributed by atoms with Crippen molar-refractivity contribution in [2.24, 2.45) is 5.92 Å². The van der Waals surface area contributed by atoms with E-state index in [-0.39, 0.29) is 23.6 Å². The Labute approximate surface area is 119 Å². The average Bonchev–Trinajstić information content (AvgIpc) is 2.43. The predicted octanol–water partition coefficient (Wildman–Crippen LogP) is 0.0754. The second-order valence-corrected chi connectivity index (χ2v) is 4.47. The van der Waals surface area contributed by atoms with Crippen LogP contribution in [0.5, 0.6) is 0 Å². The summed E-state index contributed by atoms with van der Waals surface area (Å²) in [5.41, 5.74) is 0. The minimum atomic E-state index is -0.276. The summed E-state index contributed by atoms with van der Waals surface area (Å²) in [4.78, 5) is 35.7. The van der Waals surface area contributed by atoms with Gasteiger partial charge in [-0.05, 0) is 12.2 Å². The van der Waals surface area contributed by atoms with Crippen LogP contribution in [-0.2, 0) is 14.4 Å². The van der Waals surface area contributed by atoms with Crippen LogP contribution in [0, 0.1) is 5.92 Å². The summed E-state index contributed by atoms with van der Waals surface area (Å²) in [6.07, 6.45) is 2.36. The van der Waals surface area contributed by atoms with Crippen LogP contribution < -0.4 is 10.6 Å². The molecule has 0 rings (SSSR count). The van der Waals surface area contributed by atoms with Gasteiger partial charge >= 0.3 is 0 Å². The standard InChI is InChI=1S/C14H23N3O3/c1-5-12(18)15-7-9-17(14(20)11(3)4)10-8-16-13(19)6-2/h5-6,11H,1-2,7-10H2,3-4H3,(H,15,18)(H,16,19). The lowest BCUT2D eigenvalue weighted by Crippen LogP contribution is -2.43. The number of amides is 3. The first-order chi connectivity index (χ1) is 9.42. The van der Waals surface area contributed by atoms with E-state index in [0.717, 1.165) is 0 Å². The Morgan fingerprint density at radius 1 is 1.00 bits per heavy atom. The second-order valence-electron chi connectivity index (χ2n) is 4.47. The van der Waals surface area contributed by atoms with E-state index in [1.54, 1.807) is 18.7 Å². The maximum Gasteiger partial charge on any atom is 0.243 e. The molecule has 2 N–H and O–H groups in total. The number of nitrogens with one attached hydrogen (secondary N) is 2. The van der Waals surface area contributed by atoms with Gasteiger partial charge in [0.05, 0.1) is 0 Å². The van der Waals surface area contributed by atoms with Gasteiger partial charge in [0.25, 0.3) is 0 Å². The molecular weight excluding hydrogens is 258 g/mol. The summed E-state index contributed by atoms with van der Waals surface area (Å²) in [5.74, 6) is -0.713. The number of rotatable bonds is 9. The van der Waals surface area contributed by atoms with Crippen LogP contribution in [0.3, 0.4) is 0 Å². The van der Waals surface area contributed by atoms with Crippen LogP contribution in [0.2, 0.25) is 0 Å². The number of carbonyl (C=O) groups is 3. The summed E-state index contributed by atoms with van der Waals surface area (Å²) in [6, 6.07) is 0. The highest BCUT2D eigenvalue weighted by molar-refractivity contribution is 5.87. The van der Waals surface area contributed by atoms with Gasteiger partial charge < -0.3 is 15.5 Å². The average molecular weight is 281 g/mol. The lowest BCUT2D eigenvalue weighted by Gasteiger charge is -2.24. The minimum absolute atomic E-state index is 0.0225. The van der Waals surface area contributed by atoms with Gasteiger partial charge in [-0.1, -0.05) is 27.0 Å². The molecule has 0 aliphatic rings. The quantitative estimate of drug-likeness (QED) is 0.587. The van der Waals surface area contributed by atoms with E-state index in [0.29, 0.717) is 26.2 Å². The molecule has 6 nitrogen and oxygen atoms in total. The van der Waals surface area contributed by atoms with E-state index in [1.807, 2.05) is 0 Å². The normalized spacial score (nSPS) is 9.75. The van der Waals surface area contributed by atoms with E-state index in [4.69, 9.17) is 0 Å². The van der Waals surface area contributed by atoms with Gasteiger partial charge in [0.1, 0.15) is 0 Å². The van der Waals surface area contributed by atoms with Gasteiger partial charge in [-0.25, -0.2) is 0 Å². The molecule has 3 amide bonds. The van der Waals surface area contributed by atoms with Crippen molar-refractivity contribution < 1.29 is 14.4 Å². The Balaban J connectivity index is 4.30. The lowest BCUT2D eigenvalue weighted by molar-refractivity contribution is -0.135. The third-order valence-electron chi connectivity index (χ3n) is 2.54. The summed E-state index contributed by atoms with van der Waals surface area (Å²) in [6.45, 7) is 11.8. The molecule has 0 heterocycles. The first-order valence-corrected chi connectivity index (χ1v) is 6.51. The molecule has 0 aromatic heterocycles. The van der Waals surface area contributed by atoms with Crippen molar-refractivity contribution in [3.05, 3.63) is 25.3 Å². The highest BCUT2D eigenvalue weighted by Gasteiger charge is 2.16. The van der Waals surface area contributed by atoms with Crippen molar-refractivity contribution in [1.29, 1.82) is 0 Å². The fourth-order valence-corrected chi connectivity index (χ4v) is 1.47. The highest BCUT2D eigenvalue weighted by Crippen LogP contribution is 2.00. The molecule has 0 saturated heterocycles. The largest absolute Gasteiger partial charge is 0.351 e. The first-order valence-electron chi connectivity index (χ1n) is 6.51. The molecule has 0 fully saturated rings. The molecule has 0 unspecified atom stereocenters. The molecule has 0 aromatic rings. The Morgan fingerprint density at radius 3 is 1.70 bits per heavy atom. The van der Waals surface area contributed by atoms with Crippen LogP contribution in [0.15, 0.2) is 25.3 Å². The zero-order chi connectivity index (χ0) is 15.5. The molecule has 0 spiro atoms. The summed E-state index contributed by atoms with van der Waals surface area (Å²) in [5, 5.41) is 5.23. The lowest BCUT2D eigenvalue weighted by atomic mass is 10.2. The smallest absolute Gasteiger partial charge is 0.243 e. The van der Waals surface area contributed by atoms with Gasteiger partial charge in [0.15, 0.2) is 0 Å². The van der Waals surface area contributed by atoms with Crippen LogP contribution in [0.1, 0.15) is 13.8 Å². The Hall–Kier alpha value is -2.11. The van der Waals surface area contributed by atoms with Crippen LogP contribution >= 0.6 is 0 Å².